The molecule has 0 fully saturated rings. The molecule has 0 unspecified atom stereocenters. The van der Waals surface area contributed by atoms with Gasteiger partial charge in [-0.3, -0.25) is 4.98 Å². The largest absolute Gasteiger partial charge is 0.396 e. The normalized spacial score (nSPS) is 10.8. The topological polar surface area (TPSA) is 76.7 Å². The molecule has 0 bridgehead atoms. The molecule has 3 aromatic rings. The maximum atomic E-state index is 6.22. The number of benzene rings is 1. The third-order valence-corrected chi connectivity index (χ3v) is 4.01. The van der Waals surface area contributed by atoms with Crippen LogP contribution in [-0.2, 0) is 0 Å². The zero-order chi connectivity index (χ0) is 13.4. The summed E-state index contributed by atoms with van der Waals surface area (Å²) < 4.78 is 9.18. The van der Waals surface area contributed by atoms with E-state index >= 15 is 0 Å². The van der Waals surface area contributed by atoms with Crippen LogP contribution in [0.15, 0.2) is 29.0 Å². The molecule has 3 N–H and O–H groups in total. The van der Waals surface area contributed by atoms with E-state index in [1.54, 1.807) is 18.5 Å². The maximum Gasteiger partial charge on any atom is 0.129 e. The average Bonchev–Trinajstić information content (AvgIpc) is 2.84. The first-order chi connectivity index (χ1) is 9.16. The summed E-state index contributed by atoms with van der Waals surface area (Å²) in [5.74, 6) is 0. The SMILES string of the molecule is Nc1cncc(Br)c1Nc1c(Cl)ccc2nsnc12. The first-order valence-corrected chi connectivity index (χ1v) is 7.13. The summed E-state index contributed by atoms with van der Waals surface area (Å²) >= 11 is 10.8. The molecule has 96 valence electrons. The fraction of sp³-hybridized carbons (Fsp3) is 0. The summed E-state index contributed by atoms with van der Waals surface area (Å²) in [7, 11) is 0. The third kappa shape index (κ3) is 2.24. The number of nitrogens with one attached hydrogen (secondary N) is 1. The lowest BCUT2D eigenvalue weighted by molar-refractivity contribution is 1.31. The van der Waals surface area contributed by atoms with Crippen molar-refractivity contribution in [2.24, 2.45) is 0 Å². The molecule has 0 atom stereocenters. The number of anilines is 3. The lowest BCUT2D eigenvalue weighted by Crippen LogP contribution is -1.99. The minimum Gasteiger partial charge on any atom is -0.396 e. The van der Waals surface area contributed by atoms with Crippen LogP contribution in [0.1, 0.15) is 0 Å². The number of nitrogens with two attached hydrogens (primary N) is 1. The lowest BCUT2D eigenvalue weighted by atomic mass is 10.2. The van der Waals surface area contributed by atoms with Crippen molar-refractivity contribution in [3.05, 3.63) is 34.0 Å². The predicted octanol–water partition coefficient (Wildman–Crippen LogP) is 3.83. The average molecular weight is 357 g/mol. The van der Waals surface area contributed by atoms with Crippen molar-refractivity contribution in [3.63, 3.8) is 0 Å². The van der Waals surface area contributed by atoms with Gasteiger partial charge in [-0.15, -0.1) is 0 Å². The number of hydrogen-bond acceptors (Lipinski definition) is 6. The van der Waals surface area contributed by atoms with Crippen molar-refractivity contribution in [2.45, 2.75) is 0 Å². The highest BCUT2D eigenvalue weighted by molar-refractivity contribution is 9.10. The molecule has 0 aliphatic carbocycles. The van der Waals surface area contributed by atoms with E-state index < -0.39 is 0 Å². The molecule has 2 aromatic heterocycles. The van der Waals surface area contributed by atoms with Crippen LogP contribution in [0.3, 0.4) is 0 Å². The van der Waals surface area contributed by atoms with Gasteiger partial charge >= 0.3 is 0 Å². The van der Waals surface area contributed by atoms with Crippen LogP contribution in [0.5, 0.6) is 0 Å². The standard InChI is InChI=1S/C11H7BrClN5S/c12-5-3-15-4-7(14)9(5)16-10-6(13)1-2-8-11(10)18-19-17-8/h1-4H,14H2,(H,15,16). The van der Waals surface area contributed by atoms with Crippen molar-refractivity contribution in [1.82, 2.24) is 13.7 Å². The van der Waals surface area contributed by atoms with Gasteiger partial charge < -0.3 is 11.1 Å². The molecule has 0 spiro atoms. The van der Waals surface area contributed by atoms with Crippen molar-refractivity contribution in [1.29, 1.82) is 0 Å². The number of fused-ring (bicyclic) bond motifs is 1. The molecular formula is C11H7BrClN5S. The van der Waals surface area contributed by atoms with E-state index in [9.17, 15) is 0 Å². The molecule has 0 radical (unpaired) electrons. The minimum absolute atomic E-state index is 0.519. The monoisotopic (exact) mass is 355 g/mol. The van der Waals surface area contributed by atoms with E-state index in [0.29, 0.717) is 22.1 Å². The summed E-state index contributed by atoms with van der Waals surface area (Å²) in [6.45, 7) is 0. The zero-order valence-corrected chi connectivity index (χ0v) is 12.6. The Bertz CT molecular complexity index is 740. The van der Waals surface area contributed by atoms with Crippen LogP contribution in [0.4, 0.5) is 17.1 Å². The quantitative estimate of drug-likeness (QED) is 0.730. The van der Waals surface area contributed by atoms with Crippen LogP contribution in [0, 0.1) is 0 Å². The van der Waals surface area contributed by atoms with Gasteiger partial charge in [-0.25, -0.2) is 0 Å². The molecular weight excluding hydrogens is 350 g/mol. The minimum atomic E-state index is 0.519. The summed E-state index contributed by atoms with van der Waals surface area (Å²) in [6.07, 6.45) is 3.23. The second-order valence-corrected chi connectivity index (χ2v) is 5.55. The molecule has 0 aliphatic rings. The number of pyridine rings is 1. The molecule has 0 saturated carbocycles. The molecule has 0 aliphatic heterocycles. The Morgan fingerprint density at radius 1 is 1.21 bits per heavy atom. The molecule has 19 heavy (non-hydrogen) atoms. The van der Waals surface area contributed by atoms with E-state index in [1.165, 1.54) is 0 Å². The Labute approximate surface area is 126 Å². The van der Waals surface area contributed by atoms with Crippen molar-refractivity contribution in [2.75, 3.05) is 11.1 Å². The van der Waals surface area contributed by atoms with E-state index in [-0.39, 0.29) is 0 Å². The Kier molecular flexibility index (Phi) is 3.26. The van der Waals surface area contributed by atoms with E-state index in [4.69, 9.17) is 17.3 Å². The van der Waals surface area contributed by atoms with Gasteiger partial charge in [-0.05, 0) is 28.1 Å². The Morgan fingerprint density at radius 3 is 2.84 bits per heavy atom. The fourth-order valence-corrected chi connectivity index (χ4v) is 2.84. The Balaban J connectivity index is 2.15. The highest BCUT2D eigenvalue weighted by Crippen LogP contribution is 2.36. The Hall–Kier alpha value is -1.44. The summed E-state index contributed by atoms with van der Waals surface area (Å²) in [5, 5.41) is 3.76. The number of aromatic nitrogens is 3. The smallest absolute Gasteiger partial charge is 0.129 e. The summed E-state index contributed by atoms with van der Waals surface area (Å²) in [4.78, 5) is 3.99. The Morgan fingerprint density at radius 2 is 2.05 bits per heavy atom. The number of hydrogen-bond donors (Lipinski definition) is 2. The third-order valence-electron chi connectivity index (χ3n) is 2.56. The molecule has 1 aromatic carbocycles. The highest BCUT2D eigenvalue weighted by Gasteiger charge is 2.13. The van der Waals surface area contributed by atoms with Crippen molar-refractivity contribution >= 4 is 67.4 Å². The molecule has 0 saturated heterocycles. The second-order valence-electron chi connectivity index (χ2n) is 3.76. The van der Waals surface area contributed by atoms with Crippen LogP contribution < -0.4 is 11.1 Å². The highest BCUT2D eigenvalue weighted by atomic mass is 79.9. The first kappa shape index (κ1) is 12.6. The molecule has 8 heteroatoms. The molecule has 2 heterocycles. The molecule has 0 amide bonds. The van der Waals surface area contributed by atoms with Crippen LogP contribution in [0.2, 0.25) is 5.02 Å². The van der Waals surface area contributed by atoms with Crippen LogP contribution in [0.25, 0.3) is 11.0 Å². The lowest BCUT2D eigenvalue weighted by Gasteiger charge is -2.12. The number of nitrogens with zero attached hydrogens (tertiary/aromatic N) is 3. The van der Waals surface area contributed by atoms with E-state index in [0.717, 1.165) is 27.2 Å². The zero-order valence-electron chi connectivity index (χ0n) is 9.39. The maximum absolute atomic E-state index is 6.22. The van der Waals surface area contributed by atoms with Crippen molar-refractivity contribution in [3.8, 4) is 0 Å². The van der Waals surface area contributed by atoms with Crippen LogP contribution >= 0.6 is 39.3 Å². The van der Waals surface area contributed by atoms with Gasteiger partial charge in [-0.2, -0.15) is 8.75 Å². The summed E-state index contributed by atoms with van der Waals surface area (Å²) in [5.41, 5.74) is 9.33. The van der Waals surface area contributed by atoms with Gasteiger partial charge in [-0.1, -0.05) is 11.6 Å². The summed E-state index contributed by atoms with van der Waals surface area (Å²) in [6, 6.07) is 3.61. The van der Waals surface area contributed by atoms with Gasteiger partial charge in [0.25, 0.3) is 0 Å². The number of nitrogen functional groups attached to an aromatic ring is 1. The van der Waals surface area contributed by atoms with Gasteiger partial charge in [0.1, 0.15) is 11.0 Å². The van der Waals surface area contributed by atoms with Gasteiger partial charge in [0, 0.05) is 6.20 Å². The fourth-order valence-electron chi connectivity index (χ4n) is 1.65. The second kappa shape index (κ2) is 4.92. The van der Waals surface area contributed by atoms with Crippen LogP contribution in [-0.4, -0.2) is 13.7 Å². The molecule has 5 nitrogen and oxygen atoms in total. The number of rotatable bonds is 2. The van der Waals surface area contributed by atoms with Gasteiger partial charge in [0.15, 0.2) is 0 Å². The predicted molar refractivity (Wildman–Crippen MR) is 82.1 cm³/mol. The van der Waals surface area contributed by atoms with E-state index in [1.807, 2.05) is 6.07 Å². The van der Waals surface area contributed by atoms with Gasteiger partial charge in [0.2, 0.25) is 0 Å². The first-order valence-electron chi connectivity index (χ1n) is 5.23. The van der Waals surface area contributed by atoms with Gasteiger partial charge in [0.05, 0.1) is 44.5 Å². The number of halogens is 2. The molecule has 3 rings (SSSR count). The van der Waals surface area contributed by atoms with Crippen molar-refractivity contribution < 1.29 is 0 Å². The van der Waals surface area contributed by atoms with E-state index in [2.05, 4.69) is 35.0 Å².